The fourth-order valence-electron chi connectivity index (χ4n) is 5.51. The minimum absolute atomic E-state index is 0.111. The number of H-pyrrole nitrogens is 1. The van der Waals surface area contributed by atoms with Gasteiger partial charge in [-0.2, -0.15) is 5.26 Å². The molecular weight excluding hydrogens is 374 g/mol. The Morgan fingerprint density at radius 2 is 2.27 bits per heavy atom. The van der Waals surface area contributed by atoms with Crippen molar-refractivity contribution < 1.29 is 4.79 Å². The van der Waals surface area contributed by atoms with E-state index in [9.17, 15) is 10.1 Å². The highest BCUT2D eigenvalue weighted by molar-refractivity contribution is 5.88. The number of nitriles is 1. The number of hydrogen-bond donors (Lipinski definition) is 2. The zero-order valence-electron chi connectivity index (χ0n) is 18.3. The molecule has 1 aromatic carbocycles. The largest absolute Gasteiger partial charge is 0.361 e. The molecule has 1 saturated heterocycles. The zero-order valence-corrected chi connectivity index (χ0v) is 18.3. The summed E-state index contributed by atoms with van der Waals surface area (Å²) in [5.41, 5.74) is 4.06. The average molecular weight is 408 g/mol. The van der Waals surface area contributed by atoms with Crippen LogP contribution in [0.15, 0.2) is 24.4 Å². The summed E-state index contributed by atoms with van der Waals surface area (Å²) in [6.07, 6.45) is 5.82. The van der Waals surface area contributed by atoms with Crippen molar-refractivity contribution in [2.24, 2.45) is 11.8 Å². The third-order valence-electron chi connectivity index (χ3n) is 6.93. The Labute approximate surface area is 179 Å². The number of likely N-dealkylation sites (N-methyl/N-ethyl adjacent to an activating group) is 1. The highest BCUT2D eigenvalue weighted by atomic mass is 16.1. The summed E-state index contributed by atoms with van der Waals surface area (Å²) in [5.74, 6) is 0.133. The molecule has 0 spiro atoms. The Morgan fingerprint density at radius 1 is 1.43 bits per heavy atom. The van der Waals surface area contributed by atoms with E-state index in [1.54, 1.807) is 0 Å². The summed E-state index contributed by atoms with van der Waals surface area (Å²) in [6.45, 7) is 2.51. The van der Waals surface area contributed by atoms with Gasteiger partial charge in [-0.1, -0.05) is 12.1 Å². The van der Waals surface area contributed by atoms with Gasteiger partial charge in [0.1, 0.15) is 5.92 Å². The van der Waals surface area contributed by atoms with Gasteiger partial charge in [-0.05, 0) is 76.5 Å². The summed E-state index contributed by atoms with van der Waals surface area (Å²) in [6, 6.07) is 9.33. The number of piperidine rings is 1. The topological polar surface area (TPSA) is 75.2 Å². The van der Waals surface area contributed by atoms with Crippen molar-refractivity contribution in [1.82, 2.24) is 20.1 Å². The zero-order chi connectivity index (χ0) is 21.3. The Balaban J connectivity index is 1.43. The van der Waals surface area contributed by atoms with Crippen LogP contribution in [0.5, 0.6) is 0 Å². The van der Waals surface area contributed by atoms with Crippen LogP contribution >= 0.6 is 0 Å². The molecule has 2 N–H and O–H groups in total. The average Bonchev–Trinajstić information content (AvgIpc) is 3.14. The Morgan fingerprint density at radius 3 is 3.03 bits per heavy atom. The van der Waals surface area contributed by atoms with Crippen molar-refractivity contribution in [3.63, 3.8) is 0 Å². The molecule has 6 nitrogen and oxygen atoms in total. The van der Waals surface area contributed by atoms with E-state index >= 15 is 0 Å². The summed E-state index contributed by atoms with van der Waals surface area (Å²) < 4.78 is 0. The first-order valence-corrected chi connectivity index (χ1v) is 11.1. The molecule has 1 fully saturated rings. The van der Waals surface area contributed by atoms with E-state index in [1.807, 2.05) is 14.1 Å². The summed E-state index contributed by atoms with van der Waals surface area (Å²) in [5, 5.41) is 14.0. The number of hydrogen-bond acceptors (Lipinski definition) is 4. The number of rotatable bonds is 7. The van der Waals surface area contributed by atoms with Crippen molar-refractivity contribution >= 4 is 16.8 Å². The van der Waals surface area contributed by atoms with Gasteiger partial charge in [0.25, 0.3) is 0 Å². The summed E-state index contributed by atoms with van der Waals surface area (Å²) in [4.78, 5) is 20.6. The first-order valence-electron chi connectivity index (χ1n) is 11.1. The van der Waals surface area contributed by atoms with E-state index in [0.29, 0.717) is 30.8 Å². The van der Waals surface area contributed by atoms with Gasteiger partial charge in [0.15, 0.2) is 0 Å². The third kappa shape index (κ3) is 4.10. The maximum absolute atomic E-state index is 12.6. The van der Waals surface area contributed by atoms with Crippen LogP contribution in [0.4, 0.5) is 0 Å². The Kier molecular flexibility index (Phi) is 6.12. The number of carbonyl (C=O) groups is 1. The molecule has 0 radical (unpaired) electrons. The molecule has 1 unspecified atom stereocenters. The molecule has 0 bridgehead atoms. The fourth-order valence-corrected chi connectivity index (χ4v) is 5.51. The highest BCUT2D eigenvalue weighted by Crippen LogP contribution is 2.45. The molecule has 30 heavy (non-hydrogen) atoms. The SMILES string of the molecule is CN(C)CCCNC(=O)C(C#N)C[C@@H]1C[C@@H]2c3cccc4[nH]cc(c34)C[C@H]2N(C)C1. The second kappa shape index (κ2) is 8.79. The third-order valence-corrected chi connectivity index (χ3v) is 6.93. The Bertz CT molecular complexity index is 943. The van der Waals surface area contributed by atoms with Crippen LogP contribution in [0.2, 0.25) is 0 Å². The molecule has 4 rings (SSSR count). The molecule has 6 heteroatoms. The van der Waals surface area contributed by atoms with Crippen molar-refractivity contribution in [2.45, 2.75) is 37.6 Å². The van der Waals surface area contributed by atoms with Crippen LogP contribution in [0.1, 0.15) is 36.3 Å². The summed E-state index contributed by atoms with van der Waals surface area (Å²) in [7, 11) is 6.24. The smallest absolute Gasteiger partial charge is 0.237 e. The highest BCUT2D eigenvalue weighted by Gasteiger charge is 2.40. The van der Waals surface area contributed by atoms with Crippen LogP contribution in [-0.2, 0) is 11.2 Å². The molecule has 1 aromatic heterocycles. The van der Waals surface area contributed by atoms with Crippen molar-refractivity contribution in [3.8, 4) is 6.07 Å². The lowest BCUT2D eigenvalue weighted by molar-refractivity contribution is -0.124. The number of fused-ring (bicyclic) bond motifs is 2. The Hall–Kier alpha value is -2.36. The van der Waals surface area contributed by atoms with E-state index < -0.39 is 5.92 Å². The predicted molar refractivity (Wildman–Crippen MR) is 119 cm³/mol. The molecule has 1 aliphatic heterocycles. The van der Waals surface area contributed by atoms with Crippen LogP contribution in [0.25, 0.3) is 10.9 Å². The number of likely N-dealkylation sites (tertiary alicyclic amines) is 1. The van der Waals surface area contributed by atoms with E-state index in [-0.39, 0.29) is 5.91 Å². The van der Waals surface area contributed by atoms with Crippen LogP contribution < -0.4 is 5.32 Å². The summed E-state index contributed by atoms with van der Waals surface area (Å²) >= 11 is 0. The lowest BCUT2D eigenvalue weighted by Crippen LogP contribution is -2.48. The normalized spacial score (nSPS) is 24.4. The minimum atomic E-state index is -0.568. The van der Waals surface area contributed by atoms with Crippen molar-refractivity contribution in [2.75, 3.05) is 40.8 Å². The fraction of sp³-hybridized carbons (Fsp3) is 0.583. The number of benzene rings is 1. The van der Waals surface area contributed by atoms with Crippen LogP contribution in [-0.4, -0.2) is 67.5 Å². The van der Waals surface area contributed by atoms with Crippen LogP contribution in [0.3, 0.4) is 0 Å². The number of nitrogens with zero attached hydrogens (tertiary/aromatic N) is 3. The van der Waals surface area contributed by atoms with Gasteiger partial charge >= 0.3 is 0 Å². The van der Waals surface area contributed by atoms with Gasteiger partial charge < -0.3 is 20.1 Å². The molecule has 2 aliphatic rings. The molecule has 160 valence electrons. The predicted octanol–water partition coefficient (Wildman–Crippen LogP) is 2.73. The molecule has 4 atom stereocenters. The van der Waals surface area contributed by atoms with Gasteiger partial charge in [-0.3, -0.25) is 4.79 Å². The van der Waals surface area contributed by atoms with Gasteiger partial charge in [0, 0.05) is 42.1 Å². The maximum Gasteiger partial charge on any atom is 0.237 e. The lowest BCUT2D eigenvalue weighted by atomic mass is 9.71. The number of nitrogens with one attached hydrogen (secondary N) is 2. The van der Waals surface area contributed by atoms with Crippen LogP contribution in [0, 0.1) is 23.2 Å². The van der Waals surface area contributed by atoms with E-state index in [1.165, 1.54) is 22.0 Å². The molecule has 0 saturated carbocycles. The van der Waals surface area contributed by atoms with Crippen molar-refractivity contribution in [1.29, 1.82) is 5.26 Å². The number of aromatic amines is 1. The second-order valence-corrected chi connectivity index (χ2v) is 9.37. The van der Waals surface area contributed by atoms with Gasteiger partial charge in [-0.25, -0.2) is 0 Å². The molecular formula is C24H33N5O. The number of aromatic nitrogens is 1. The van der Waals surface area contributed by atoms with E-state index in [2.05, 4.69) is 57.6 Å². The second-order valence-electron chi connectivity index (χ2n) is 9.37. The molecule has 1 aliphatic carbocycles. The van der Waals surface area contributed by atoms with Crippen molar-refractivity contribution in [3.05, 3.63) is 35.5 Å². The number of carbonyl (C=O) groups excluding carboxylic acids is 1. The first kappa shape index (κ1) is 20.9. The molecule has 1 amide bonds. The lowest BCUT2D eigenvalue weighted by Gasteiger charge is -2.46. The number of amides is 1. The monoisotopic (exact) mass is 407 g/mol. The van der Waals surface area contributed by atoms with Gasteiger partial charge in [-0.15, -0.1) is 0 Å². The van der Waals surface area contributed by atoms with E-state index in [4.69, 9.17) is 0 Å². The molecule has 2 heterocycles. The van der Waals surface area contributed by atoms with Gasteiger partial charge in [0.2, 0.25) is 5.91 Å². The maximum atomic E-state index is 12.6. The van der Waals surface area contributed by atoms with Gasteiger partial charge in [0.05, 0.1) is 6.07 Å². The van der Waals surface area contributed by atoms with E-state index in [0.717, 1.165) is 32.4 Å². The standard InChI is InChI=1S/C24H33N5O/c1-28(2)9-5-8-26-24(30)17(13-25)10-16-11-20-19-6-4-7-21-23(19)18(14-27-21)12-22(20)29(3)15-16/h4,6-7,14,16-17,20,22,27H,5,8-12,15H2,1-3H3,(H,26,30)/t16-,17?,20-,22-/m1/s1. The quantitative estimate of drug-likeness (QED) is 0.692. The minimum Gasteiger partial charge on any atom is -0.361 e. The first-order chi connectivity index (χ1) is 14.5. The molecule has 2 aromatic rings.